The summed E-state index contributed by atoms with van der Waals surface area (Å²) in [5.41, 5.74) is -2.52. The summed E-state index contributed by atoms with van der Waals surface area (Å²) in [6, 6.07) is 6.20. The number of hydrogen-bond donors (Lipinski definition) is 1. The molecule has 0 spiro atoms. The highest BCUT2D eigenvalue weighted by molar-refractivity contribution is 5.34. The Morgan fingerprint density at radius 1 is 0.967 bits per heavy atom. The van der Waals surface area contributed by atoms with Crippen molar-refractivity contribution in [3.05, 3.63) is 70.5 Å². The van der Waals surface area contributed by atoms with Crippen molar-refractivity contribution < 1.29 is 40.2 Å². The lowest BCUT2D eigenvalue weighted by atomic mass is 10.0. The topological polar surface area (TPSA) is 30.5 Å². The van der Waals surface area contributed by atoms with Gasteiger partial charge in [-0.1, -0.05) is 12.1 Å². The lowest BCUT2D eigenvalue weighted by Gasteiger charge is -2.34. The van der Waals surface area contributed by atoms with E-state index in [1.54, 1.807) is 0 Å². The molecule has 0 radical (unpaired) electrons. The van der Waals surface area contributed by atoms with Crippen molar-refractivity contribution in [2.75, 3.05) is 13.2 Å². The van der Waals surface area contributed by atoms with Crippen molar-refractivity contribution in [3.63, 3.8) is 0 Å². The molecule has 1 aliphatic heterocycles. The molecule has 1 heterocycles. The Bertz CT molecular complexity index is 833. The summed E-state index contributed by atoms with van der Waals surface area (Å²) in [7, 11) is 0. The molecule has 0 aliphatic carbocycles. The molecule has 3 atom stereocenters. The summed E-state index contributed by atoms with van der Waals surface area (Å²) < 4.78 is 103. The van der Waals surface area contributed by atoms with Gasteiger partial charge in [0.2, 0.25) is 0 Å². The second kappa shape index (κ2) is 8.52. The summed E-state index contributed by atoms with van der Waals surface area (Å²) in [4.78, 5) is 0. The Morgan fingerprint density at radius 3 is 2.07 bits per heavy atom. The van der Waals surface area contributed by atoms with E-state index in [9.17, 15) is 30.7 Å². The van der Waals surface area contributed by atoms with Crippen LogP contribution in [0.3, 0.4) is 0 Å². The van der Waals surface area contributed by atoms with Crippen LogP contribution in [0.2, 0.25) is 0 Å². The lowest BCUT2D eigenvalue weighted by molar-refractivity contribution is -0.200. The van der Waals surface area contributed by atoms with Crippen molar-refractivity contribution >= 4 is 0 Å². The Morgan fingerprint density at radius 2 is 1.53 bits per heavy atom. The molecule has 3 nitrogen and oxygen atoms in total. The van der Waals surface area contributed by atoms with Gasteiger partial charge in [-0.25, -0.2) is 4.39 Å². The minimum Gasteiger partial charge on any atom is -0.349 e. The molecule has 10 heteroatoms. The van der Waals surface area contributed by atoms with Crippen molar-refractivity contribution in [1.29, 1.82) is 0 Å². The van der Waals surface area contributed by atoms with Crippen LogP contribution in [0.4, 0.5) is 30.7 Å². The summed E-state index contributed by atoms with van der Waals surface area (Å²) in [5, 5.41) is 3.10. The van der Waals surface area contributed by atoms with Crippen molar-refractivity contribution in [1.82, 2.24) is 5.32 Å². The highest BCUT2D eigenvalue weighted by Crippen LogP contribution is 2.38. The van der Waals surface area contributed by atoms with Gasteiger partial charge in [-0.3, -0.25) is 0 Å². The van der Waals surface area contributed by atoms with Gasteiger partial charge < -0.3 is 14.8 Å². The predicted molar refractivity (Wildman–Crippen MR) is 92.8 cm³/mol. The van der Waals surface area contributed by atoms with E-state index in [1.165, 1.54) is 31.2 Å². The zero-order chi connectivity index (χ0) is 22.1. The maximum Gasteiger partial charge on any atom is 0.416 e. The van der Waals surface area contributed by atoms with Crippen LogP contribution >= 0.6 is 0 Å². The number of morpholine rings is 1. The van der Waals surface area contributed by atoms with Gasteiger partial charge in [-0.05, 0) is 48.4 Å². The minimum absolute atomic E-state index is 0.0657. The Labute approximate surface area is 167 Å². The first kappa shape index (κ1) is 22.5. The zero-order valence-electron chi connectivity index (χ0n) is 15.6. The molecule has 0 bridgehead atoms. The second-order valence-electron chi connectivity index (χ2n) is 6.84. The van der Waals surface area contributed by atoms with Crippen molar-refractivity contribution in [2.45, 2.75) is 37.7 Å². The zero-order valence-corrected chi connectivity index (χ0v) is 15.6. The summed E-state index contributed by atoms with van der Waals surface area (Å²) in [6.45, 7) is 2.01. The highest BCUT2D eigenvalue weighted by Gasteiger charge is 2.38. The molecule has 1 N–H and O–H groups in total. The van der Waals surface area contributed by atoms with E-state index in [0.29, 0.717) is 24.2 Å². The maximum atomic E-state index is 13.2. The van der Waals surface area contributed by atoms with Crippen LogP contribution in [0.5, 0.6) is 0 Å². The molecule has 0 amide bonds. The van der Waals surface area contributed by atoms with E-state index < -0.39 is 47.7 Å². The van der Waals surface area contributed by atoms with Crippen LogP contribution in [0.15, 0.2) is 42.5 Å². The summed E-state index contributed by atoms with van der Waals surface area (Å²) in [6.07, 6.45) is -12.0. The van der Waals surface area contributed by atoms with Gasteiger partial charge in [-0.15, -0.1) is 0 Å². The number of hydrogen-bond acceptors (Lipinski definition) is 3. The number of benzene rings is 2. The molecule has 164 valence electrons. The monoisotopic (exact) mass is 437 g/mol. The summed E-state index contributed by atoms with van der Waals surface area (Å²) in [5.74, 6) is -0.454. The number of ether oxygens (including phenoxy) is 2. The van der Waals surface area contributed by atoms with Gasteiger partial charge in [-0.2, -0.15) is 26.3 Å². The van der Waals surface area contributed by atoms with Gasteiger partial charge in [0.15, 0.2) is 6.29 Å². The van der Waals surface area contributed by atoms with E-state index in [0.717, 1.165) is 0 Å². The molecule has 30 heavy (non-hydrogen) atoms. The van der Waals surface area contributed by atoms with E-state index in [-0.39, 0.29) is 18.2 Å². The average Bonchev–Trinajstić information content (AvgIpc) is 2.67. The molecular weight excluding hydrogens is 419 g/mol. The van der Waals surface area contributed by atoms with Gasteiger partial charge >= 0.3 is 12.4 Å². The molecular formula is C20H18F7NO2. The molecule has 0 saturated carbocycles. The van der Waals surface area contributed by atoms with E-state index in [2.05, 4.69) is 5.32 Å². The number of rotatable bonds is 4. The quantitative estimate of drug-likeness (QED) is 0.630. The first-order valence-electron chi connectivity index (χ1n) is 9.00. The van der Waals surface area contributed by atoms with Gasteiger partial charge in [0, 0.05) is 6.54 Å². The molecule has 0 aromatic heterocycles. The van der Waals surface area contributed by atoms with Crippen molar-refractivity contribution in [2.24, 2.45) is 0 Å². The first-order chi connectivity index (χ1) is 13.9. The molecule has 2 aromatic rings. The number of alkyl halides is 6. The fourth-order valence-electron chi connectivity index (χ4n) is 3.14. The third-order valence-corrected chi connectivity index (χ3v) is 4.67. The van der Waals surface area contributed by atoms with Crippen LogP contribution in [-0.4, -0.2) is 19.4 Å². The molecule has 1 saturated heterocycles. The fourth-order valence-corrected chi connectivity index (χ4v) is 3.14. The van der Waals surface area contributed by atoms with E-state index in [4.69, 9.17) is 9.47 Å². The average molecular weight is 437 g/mol. The van der Waals surface area contributed by atoms with Crippen molar-refractivity contribution in [3.8, 4) is 0 Å². The Hall–Kier alpha value is -2.17. The normalized spacial score (nSPS) is 21.5. The number of nitrogens with one attached hydrogen (secondary N) is 1. The van der Waals surface area contributed by atoms with Crippen LogP contribution < -0.4 is 5.32 Å². The molecule has 1 unspecified atom stereocenters. The maximum absolute atomic E-state index is 13.2. The molecule has 1 aliphatic rings. The fraction of sp³-hybridized carbons (Fsp3) is 0.400. The Balaban J connectivity index is 1.88. The van der Waals surface area contributed by atoms with Crippen LogP contribution in [0.25, 0.3) is 0 Å². The van der Waals surface area contributed by atoms with E-state index >= 15 is 0 Å². The van der Waals surface area contributed by atoms with E-state index in [1.807, 2.05) is 0 Å². The van der Waals surface area contributed by atoms with Crippen LogP contribution in [0.1, 0.15) is 41.3 Å². The largest absolute Gasteiger partial charge is 0.416 e. The molecule has 2 aromatic carbocycles. The molecule has 3 rings (SSSR count). The smallest absolute Gasteiger partial charge is 0.349 e. The Kier molecular flexibility index (Phi) is 6.40. The van der Waals surface area contributed by atoms with Crippen LogP contribution in [-0.2, 0) is 21.8 Å². The van der Waals surface area contributed by atoms with Gasteiger partial charge in [0.1, 0.15) is 5.82 Å². The molecule has 1 fully saturated rings. The third kappa shape index (κ3) is 5.30. The SMILES string of the molecule is CC(O[C@@H]1OCCN[C@H]1c1ccc(F)cc1)c1cc(C(F)(F)F)cc(C(F)(F)F)c1. The second-order valence-corrected chi connectivity index (χ2v) is 6.84. The first-order valence-corrected chi connectivity index (χ1v) is 9.00. The van der Waals surface area contributed by atoms with Crippen LogP contribution in [0, 0.1) is 5.82 Å². The number of halogens is 7. The van der Waals surface area contributed by atoms with Gasteiger partial charge in [0.05, 0.1) is 29.9 Å². The third-order valence-electron chi connectivity index (χ3n) is 4.67. The van der Waals surface area contributed by atoms with Gasteiger partial charge in [0.25, 0.3) is 0 Å². The standard InChI is InChI=1S/C20H18F7NO2/c1-11(13-8-14(19(22,23)24)10-15(9-13)20(25,26)27)30-18-17(28-6-7-29-18)12-2-4-16(21)5-3-12/h2-5,8-11,17-18,28H,6-7H2,1H3/t11?,17-,18-/m0/s1. The summed E-state index contributed by atoms with van der Waals surface area (Å²) >= 11 is 0. The minimum atomic E-state index is -4.95. The highest BCUT2D eigenvalue weighted by atomic mass is 19.4. The lowest BCUT2D eigenvalue weighted by Crippen LogP contribution is -2.43. The predicted octanol–water partition coefficient (Wildman–Crippen LogP) is 5.63.